The third-order valence-electron chi connectivity index (χ3n) is 6.17. The average molecular weight is 397 g/mol. The van der Waals surface area contributed by atoms with E-state index < -0.39 is 0 Å². The normalized spacial score (nSPS) is 20.1. The van der Waals surface area contributed by atoms with Crippen molar-refractivity contribution in [2.75, 3.05) is 42.5 Å². The van der Waals surface area contributed by atoms with Gasteiger partial charge in [0.2, 0.25) is 0 Å². The zero-order chi connectivity index (χ0) is 20.2. The van der Waals surface area contributed by atoms with E-state index in [1.807, 2.05) is 29.3 Å². The molecule has 1 aromatic heterocycles. The molecule has 3 heterocycles. The number of piperazine rings is 1. The van der Waals surface area contributed by atoms with Crippen LogP contribution < -0.4 is 9.80 Å². The molecule has 0 saturated carbocycles. The first-order valence-corrected chi connectivity index (χ1v) is 10.7. The summed E-state index contributed by atoms with van der Waals surface area (Å²) < 4.78 is 13.2. The van der Waals surface area contributed by atoms with E-state index in [2.05, 4.69) is 21.7 Å². The van der Waals surface area contributed by atoms with Crippen LogP contribution >= 0.6 is 0 Å². The highest BCUT2D eigenvalue weighted by Gasteiger charge is 2.27. The molecular formula is C23H29FN4O. The van der Waals surface area contributed by atoms with Crippen LogP contribution in [-0.4, -0.2) is 54.6 Å². The van der Waals surface area contributed by atoms with E-state index in [0.29, 0.717) is 11.6 Å². The third-order valence-corrected chi connectivity index (χ3v) is 6.17. The zero-order valence-corrected chi connectivity index (χ0v) is 17.1. The van der Waals surface area contributed by atoms with Crippen LogP contribution in [-0.2, 0) is 0 Å². The second kappa shape index (κ2) is 8.80. The molecular weight excluding hydrogens is 367 g/mol. The molecule has 0 aliphatic carbocycles. The molecule has 2 aliphatic rings. The zero-order valence-electron chi connectivity index (χ0n) is 17.1. The minimum Gasteiger partial charge on any atom is -0.368 e. The van der Waals surface area contributed by atoms with Crippen molar-refractivity contribution in [3.05, 3.63) is 54.1 Å². The fourth-order valence-electron chi connectivity index (χ4n) is 4.45. The number of benzene rings is 1. The van der Waals surface area contributed by atoms with Gasteiger partial charge in [0, 0.05) is 50.6 Å². The summed E-state index contributed by atoms with van der Waals surface area (Å²) in [7, 11) is 0. The second-order valence-corrected chi connectivity index (χ2v) is 7.94. The van der Waals surface area contributed by atoms with Crippen molar-refractivity contribution in [2.24, 2.45) is 0 Å². The van der Waals surface area contributed by atoms with Crippen LogP contribution in [0.3, 0.4) is 0 Å². The van der Waals surface area contributed by atoms with E-state index in [9.17, 15) is 9.18 Å². The summed E-state index contributed by atoms with van der Waals surface area (Å²) in [5.74, 6) is -0.102. The summed E-state index contributed by atoms with van der Waals surface area (Å²) in [6.45, 7) is 6.40. The molecule has 5 nitrogen and oxygen atoms in total. The predicted molar refractivity (Wildman–Crippen MR) is 114 cm³/mol. The van der Waals surface area contributed by atoms with Gasteiger partial charge >= 0.3 is 0 Å². The SMILES string of the molecule is CCC1CCCCN1C(=O)c1cncc(N2CCN(c3ccc(F)cc3)CC2)c1. The molecule has 4 rings (SSSR count). The number of carbonyl (C=O) groups excluding carboxylic acids is 1. The fourth-order valence-corrected chi connectivity index (χ4v) is 4.45. The molecule has 1 atom stereocenters. The van der Waals surface area contributed by atoms with Crippen LogP contribution in [0.4, 0.5) is 15.8 Å². The van der Waals surface area contributed by atoms with E-state index in [4.69, 9.17) is 0 Å². The molecule has 0 bridgehead atoms. The van der Waals surface area contributed by atoms with Gasteiger partial charge < -0.3 is 14.7 Å². The highest BCUT2D eigenvalue weighted by atomic mass is 19.1. The van der Waals surface area contributed by atoms with Crippen molar-refractivity contribution in [3.63, 3.8) is 0 Å². The third kappa shape index (κ3) is 4.36. The molecule has 2 fully saturated rings. The molecule has 2 aromatic rings. The summed E-state index contributed by atoms with van der Waals surface area (Å²) in [5, 5.41) is 0. The van der Waals surface area contributed by atoms with Crippen molar-refractivity contribution < 1.29 is 9.18 Å². The minimum atomic E-state index is -0.209. The van der Waals surface area contributed by atoms with E-state index >= 15 is 0 Å². The molecule has 6 heteroatoms. The predicted octanol–water partition coefficient (Wildman–Crippen LogP) is 3.95. The number of halogens is 1. The smallest absolute Gasteiger partial charge is 0.255 e. The van der Waals surface area contributed by atoms with Crippen LogP contribution in [0.15, 0.2) is 42.7 Å². The molecule has 0 radical (unpaired) electrons. The van der Waals surface area contributed by atoms with Gasteiger partial charge in [0.25, 0.3) is 5.91 Å². The average Bonchev–Trinajstić information content (AvgIpc) is 2.79. The van der Waals surface area contributed by atoms with Gasteiger partial charge in [-0.1, -0.05) is 6.92 Å². The van der Waals surface area contributed by atoms with Crippen LogP contribution in [0.5, 0.6) is 0 Å². The Balaban J connectivity index is 1.42. The maximum Gasteiger partial charge on any atom is 0.255 e. The van der Waals surface area contributed by atoms with Crippen LogP contribution in [0.2, 0.25) is 0 Å². The summed E-state index contributed by atoms with van der Waals surface area (Å²) in [6.07, 6.45) is 7.93. The molecule has 29 heavy (non-hydrogen) atoms. The first kappa shape index (κ1) is 19.7. The second-order valence-electron chi connectivity index (χ2n) is 7.94. The maximum atomic E-state index is 13.2. The Bertz CT molecular complexity index is 833. The van der Waals surface area contributed by atoms with Gasteiger partial charge in [0.05, 0.1) is 17.4 Å². The Morgan fingerprint density at radius 1 is 1.00 bits per heavy atom. The van der Waals surface area contributed by atoms with E-state index in [0.717, 1.165) is 63.4 Å². The number of hydrogen-bond donors (Lipinski definition) is 0. The lowest BCUT2D eigenvalue weighted by molar-refractivity contribution is 0.0607. The first-order chi connectivity index (χ1) is 14.2. The number of likely N-dealkylation sites (tertiary alicyclic amines) is 1. The van der Waals surface area contributed by atoms with Gasteiger partial charge in [-0.2, -0.15) is 0 Å². The topological polar surface area (TPSA) is 39.7 Å². The van der Waals surface area contributed by atoms with Gasteiger partial charge in [0.1, 0.15) is 5.82 Å². The molecule has 1 amide bonds. The number of aromatic nitrogens is 1. The Morgan fingerprint density at radius 3 is 2.38 bits per heavy atom. The summed E-state index contributed by atoms with van der Waals surface area (Å²) >= 11 is 0. The number of rotatable bonds is 4. The van der Waals surface area contributed by atoms with Crippen molar-refractivity contribution in [1.82, 2.24) is 9.88 Å². The van der Waals surface area contributed by atoms with Crippen molar-refractivity contribution in [1.29, 1.82) is 0 Å². The van der Waals surface area contributed by atoms with Gasteiger partial charge in [-0.05, 0) is 56.0 Å². The van der Waals surface area contributed by atoms with Crippen molar-refractivity contribution in [3.8, 4) is 0 Å². The minimum absolute atomic E-state index is 0.107. The lowest BCUT2D eigenvalue weighted by atomic mass is 9.99. The van der Waals surface area contributed by atoms with Gasteiger partial charge in [-0.25, -0.2) is 4.39 Å². The number of pyridine rings is 1. The van der Waals surface area contributed by atoms with E-state index in [1.54, 1.807) is 6.20 Å². The number of anilines is 2. The number of carbonyl (C=O) groups is 1. The number of amides is 1. The highest BCUT2D eigenvalue weighted by molar-refractivity contribution is 5.95. The molecule has 1 unspecified atom stereocenters. The van der Waals surface area contributed by atoms with Crippen molar-refractivity contribution in [2.45, 2.75) is 38.6 Å². The maximum absolute atomic E-state index is 13.2. The standard InChI is InChI=1S/C23H29FN4O/c1-2-20-5-3-4-10-28(20)23(29)18-15-22(17-25-16-18)27-13-11-26(12-14-27)21-8-6-19(24)7-9-21/h6-9,15-17,20H,2-5,10-14H2,1H3. The molecule has 0 N–H and O–H groups in total. The number of nitrogens with zero attached hydrogens (tertiary/aromatic N) is 4. The Labute approximate surface area is 172 Å². The number of hydrogen-bond acceptors (Lipinski definition) is 4. The largest absolute Gasteiger partial charge is 0.368 e. The summed E-state index contributed by atoms with van der Waals surface area (Å²) in [4.78, 5) is 24.0. The summed E-state index contributed by atoms with van der Waals surface area (Å²) in [5.41, 5.74) is 2.73. The highest BCUT2D eigenvalue weighted by Crippen LogP contribution is 2.24. The van der Waals surface area contributed by atoms with Crippen molar-refractivity contribution >= 4 is 17.3 Å². The fraction of sp³-hybridized carbons (Fsp3) is 0.478. The monoisotopic (exact) mass is 396 g/mol. The number of piperidine rings is 1. The van der Waals surface area contributed by atoms with Gasteiger partial charge in [0.15, 0.2) is 0 Å². The molecule has 2 saturated heterocycles. The van der Waals surface area contributed by atoms with Gasteiger partial charge in [-0.3, -0.25) is 9.78 Å². The molecule has 154 valence electrons. The molecule has 2 aliphatic heterocycles. The lowest BCUT2D eigenvalue weighted by Crippen LogP contribution is -2.46. The Kier molecular flexibility index (Phi) is 5.97. The quantitative estimate of drug-likeness (QED) is 0.785. The van der Waals surface area contributed by atoms with E-state index in [-0.39, 0.29) is 11.7 Å². The van der Waals surface area contributed by atoms with Crippen LogP contribution in [0.25, 0.3) is 0 Å². The Morgan fingerprint density at radius 2 is 1.69 bits per heavy atom. The lowest BCUT2D eigenvalue weighted by Gasteiger charge is -2.38. The van der Waals surface area contributed by atoms with E-state index in [1.165, 1.54) is 18.6 Å². The van der Waals surface area contributed by atoms with Crippen LogP contribution in [0.1, 0.15) is 43.0 Å². The molecule has 1 aromatic carbocycles. The summed E-state index contributed by atoms with van der Waals surface area (Å²) in [6, 6.07) is 9.00. The first-order valence-electron chi connectivity index (χ1n) is 10.7. The van der Waals surface area contributed by atoms with Gasteiger partial charge in [-0.15, -0.1) is 0 Å². The Hall–Kier alpha value is -2.63. The molecule has 0 spiro atoms. The van der Waals surface area contributed by atoms with Crippen LogP contribution in [0, 0.1) is 5.82 Å².